The Kier molecular flexibility index (Phi) is 2.53. The fourth-order valence-electron chi connectivity index (χ4n) is 2.41. The number of carbonyl (C=O) groups excluding carboxylic acids is 1. The normalized spacial score (nSPS) is 14.8. The van der Waals surface area contributed by atoms with Gasteiger partial charge in [-0.05, 0) is 24.3 Å². The maximum atomic E-state index is 12.2. The van der Waals surface area contributed by atoms with Gasteiger partial charge < -0.3 is 0 Å². The van der Waals surface area contributed by atoms with Crippen molar-refractivity contribution in [3.05, 3.63) is 54.6 Å². The molecule has 1 aromatic heterocycles. The molecule has 0 bridgehead atoms. The minimum absolute atomic E-state index is 0.0734. The number of nitrogens with zero attached hydrogens (tertiary/aromatic N) is 5. The molecule has 0 fully saturated rings. The Bertz CT molecular complexity index is 853. The van der Waals surface area contributed by atoms with Crippen LogP contribution in [-0.2, 0) is 4.79 Å². The molecule has 6 nitrogen and oxygen atoms in total. The number of carbonyl (C=O) groups is 1. The second kappa shape index (κ2) is 4.52. The SMILES string of the molecule is O=C1CN=C(n2nnc3ccccc32)N1c1ccccc1. The summed E-state index contributed by atoms with van der Waals surface area (Å²) >= 11 is 0. The summed E-state index contributed by atoms with van der Waals surface area (Å²) in [6.07, 6.45) is 0. The summed E-state index contributed by atoms with van der Waals surface area (Å²) in [6.45, 7) is 0.123. The molecule has 0 N–H and O–H groups in total. The standard InChI is InChI=1S/C15H11N5O/c21-14-10-16-15(19(14)11-6-2-1-3-7-11)20-13-9-5-4-8-12(13)17-18-20/h1-9H,10H2. The Morgan fingerprint density at radius 3 is 2.57 bits per heavy atom. The van der Waals surface area contributed by atoms with Gasteiger partial charge in [-0.25, -0.2) is 9.89 Å². The van der Waals surface area contributed by atoms with E-state index in [0.29, 0.717) is 5.96 Å². The van der Waals surface area contributed by atoms with Gasteiger partial charge in [-0.2, -0.15) is 4.68 Å². The molecule has 6 heteroatoms. The van der Waals surface area contributed by atoms with Crippen LogP contribution in [0, 0.1) is 0 Å². The Hall–Kier alpha value is -3.02. The lowest BCUT2D eigenvalue weighted by atomic mass is 10.3. The first kappa shape index (κ1) is 11.8. The molecular weight excluding hydrogens is 266 g/mol. The van der Waals surface area contributed by atoms with E-state index in [1.807, 2.05) is 54.6 Å². The van der Waals surface area contributed by atoms with Gasteiger partial charge in [-0.15, -0.1) is 5.10 Å². The highest BCUT2D eigenvalue weighted by Gasteiger charge is 2.29. The van der Waals surface area contributed by atoms with Crippen molar-refractivity contribution in [1.29, 1.82) is 0 Å². The first-order chi connectivity index (χ1) is 10.3. The molecule has 2 aromatic carbocycles. The molecule has 4 rings (SSSR count). The van der Waals surface area contributed by atoms with E-state index in [4.69, 9.17) is 0 Å². The minimum Gasteiger partial charge on any atom is -0.272 e. The van der Waals surface area contributed by atoms with Gasteiger partial charge in [0.15, 0.2) is 0 Å². The van der Waals surface area contributed by atoms with Crippen LogP contribution in [0.15, 0.2) is 59.6 Å². The lowest BCUT2D eigenvalue weighted by Crippen LogP contribution is -2.37. The number of hydrogen-bond donors (Lipinski definition) is 0. The molecule has 0 radical (unpaired) electrons. The van der Waals surface area contributed by atoms with Crippen LogP contribution in [0.3, 0.4) is 0 Å². The zero-order chi connectivity index (χ0) is 14.2. The number of aliphatic imine (C=N–C) groups is 1. The fraction of sp³-hybridized carbons (Fsp3) is 0.0667. The molecular formula is C15H11N5O. The van der Waals surface area contributed by atoms with Gasteiger partial charge in [0.05, 0.1) is 11.2 Å². The first-order valence-electron chi connectivity index (χ1n) is 6.58. The van der Waals surface area contributed by atoms with Crippen LogP contribution >= 0.6 is 0 Å². The predicted octanol–water partition coefficient (Wildman–Crippen LogP) is 1.68. The summed E-state index contributed by atoms with van der Waals surface area (Å²) in [5.74, 6) is 0.413. The fourth-order valence-corrected chi connectivity index (χ4v) is 2.41. The third-order valence-electron chi connectivity index (χ3n) is 3.36. The van der Waals surface area contributed by atoms with E-state index in [9.17, 15) is 4.79 Å². The number of hydrogen-bond acceptors (Lipinski definition) is 4. The maximum Gasteiger partial charge on any atom is 0.255 e. The lowest BCUT2D eigenvalue weighted by Gasteiger charge is -2.18. The number of fused-ring (bicyclic) bond motifs is 1. The Balaban J connectivity index is 1.86. The van der Waals surface area contributed by atoms with E-state index >= 15 is 0 Å². The van der Waals surface area contributed by atoms with E-state index < -0.39 is 0 Å². The number of anilines is 1. The number of rotatable bonds is 1. The second-order valence-electron chi connectivity index (χ2n) is 4.67. The molecule has 21 heavy (non-hydrogen) atoms. The highest BCUT2D eigenvalue weighted by Crippen LogP contribution is 2.20. The van der Waals surface area contributed by atoms with E-state index in [1.165, 1.54) is 0 Å². The molecule has 0 spiro atoms. The summed E-state index contributed by atoms with van der Waals surface area (Å²) < 4.78 is 1.60. The minimum atomic E-state index is -0.0734. The zero-order valence-corrected chi connectivity index (χ0v) is 11.0. The van der Waals surface area contributed by atoms with Crippen LogP contribution in [0.25, 0.3) is 11.0 Å². The van der Waals surface area contributed by atoms with Crippen LogP contribution in [-0.4, -0.2) is 33.4 Å². The summed E-state index contributed by atoms with van der Waals surface area (Å²) in [7, 11) is 0. The van der Waals surface area contributed by atoms with Crippen molar-refractivity contribution in [2.24, 2.45) is 4.99 Å². The highest BCUT2D eigenvalue weighted by atomic mass is 16.2. The number of amides is 1. The van der Waals surface area contributed by atoms with Crippen molar-refractivity contribution in [2.45, 2.75) is 0 Å². The molecule has 0 unspecified atom stereocenters. The largest absolute Gasteiger partial charge is 0.272 e. The summed E-state index contributed by atoms with van der Waals surface area (Å²) in [5, 5.41) is 8.24. The second-order valence-corrected chi connectivity index (χ2v) is 4.67. The number of para-hydroxylation sites is 2. The van der Waals surface area contributed by atoms with Crippen LogP contribution in [0.5, 0.6) is 0 Å². The van der Waals surface area contributed by atoms with Crippen molar-refractivity contribution in [1.82, 2.24) is 15.0 Å². The Morgan fingerprint density at radius 1 is 0.952 bits per heavy atom. The van der Waals surface area contributed by atoms with Gasteiger partial charge in [0.1, 0.15) is 12.1 Å². The van der Waals surface area contributed by atoms with E-state index in [1.54, 1.807) is 9.58 Å². The average Bonchev–Trinajstić information content (AvgIpc) is 3.11. The van der Waals surface area contributed by atoms with Crippen molar-refractivity contribution >= 4 is 28.6 Å². The van der Waals surface area contributed by atoms with Crippen molar-refractivity contribution in [3.63, 3.8) is 0 Å². The summed E-state index contributed by atoms with van der Waals surface area (Å²) in [4.78, 5) is 18.1. The average molecular weight is 277 g/mol. The van der Waals surface area contributed by atoms with Crippen LogP contribution in [0.4, 0.5) is 5.69 Å². The number of benzene rings is 2. The monoisotopic (exact) mass is 277 g/mol. The highest BCUT2D eigenvalue weighted by molar-refractivity contribution is 6.22. The first-order valence-corrected chi connectivity index (χ1v) is 6.58. The van der Waals surface area contributed by atoms with Crippen molar-refractivity contribution in [2.75, 3.05) is 11.4 Å². The van der Waals surface area contributed by atoms with Gasteiger partial charge >= 0.3 is 0 Å². The molecule has 3 aromatic rings. The summed E-state index contributed by atoms with van der Waals surface area (Å²) in [6, 6.07) is 17.0. The van der Waals surface area contributed by atoms with Crippen LogP contribution in [0.2, 0.25) is 0 Å². The number of aromatic nitrogens is 3. The predicted molar refractivity (Wildman–Crippen MR) is 79.2 cm³/mol. The third kappa shape index (κ3) is 1.80. The van der Waals surface area contributed by atoms with Gasteiger partial charge in [0.25, 0.3) is 5.91 Å². The third-order valence-corrected chi connectivity index (χ3v) is 3.36. The Morgan fingerprint density at radius 2 is 1.71 bits per heavy atom. The molecule has 0 saturated carbocycles. The molecule has 0 saturated heterocycles. The van der Waals surface area contributed by atoms with Crippen LogP contribution < -0.4 is 4.90 Å². The molecule has 0 aliphatic carbocycles. The molecule has 1 aliphatic rings. The van der Waals surface area contributed by atoms with Crippen molar-refractivity contribution in [3.8, 4) is 0 Å². The Labute approximate surface area is 120 Å². The lowest BCUT2D eigenvalue weighted by molar-refractivity contribution is -0.115. The molecule has 102 valence electrons. The van der Waals surface area contributed by atoms with Gasteiger partial charge in [0, 0.05) is 0 Å². The van der Waals surface area contributed by atoms with E-state index in [0.717, 1.165) is 16.7 Å². The van der Waals surface area contributed by atoms with E-state index in [2.05, 4.69) is 15.3 Å². The van der Waals surface area contributed by atoms with Gasteiger partial charge in [-0.3, -0.25) is 4.79 Å². The topological polar surface area (TPSA) is 63.4 Å². The molecule has 1 amide bonds. The molecule has 0 atom stereocenters. The van der Waals surface area contributed by atoms with E-state index in [-0.39, 0.29) is 12.5 Å². The smallest absolute Gasteiger partial charge is 0.255 e. The van der Waals surface area contributed by atoms with Crippen molar-refractivity contribution < 1.29 is 4.79 Å². The molecule has 2 heterocycles. The summed E-state index contributed by atoms with van der Waals surface area (Å²) in [5.41, 5.74) is 2.37. The quantitative estimate of drug-likeness (QED) is 0.680. The molecule has 1 aliphatic heterocycles. The van der Waals surface area contributed by atoms with Gasteiger partial charge in [0.2, 0.25) is 5.96 Å². The zero-order valence-electron chi connectivity index (χ0n) is 11.0. The van der Waals surface area contributed by atoms with Gasteiger partial charge in [-0.1, -0.05) is 35.5 Å². The van der Waals surface area contributed by atoms with Crippen LogP contribution in [0.1, 0.15) is 0 Å². The maximum absolute atomic E-state index is 12.2.